The van der Waals surface area contributed by atoms with Gasteiger partial charge in [-0.25, -0.2) is 4.68 Å². The van der Waals surface area contributed by atoms with E-state index >= 15 is 0 Å². The second-order valence-electron chi connectivity index (χ2n) is 7.53. The Hall–Kier alpha value is -4.16. The molecule has 1 heterocycles. The summed E-state index contributed by atoms with van der Waals surface area (Å²) in [6.07, 6.45) is 0.673. The van der Waals surface area contributed by atoms with Gasteiger partial charge in [-0.1, -0.05) is 24.3 Å². The number of nitrogens with zero attached hydrogens (tertiary/aromatic N) is 4. The van der Waals surface area contributed by atoms with Crippen LogP contribution in [-0.4, -0.2) is 22.2 Å². The maximum atomic E-state index is 12.2. The highest BCUT2D eigenvalue weighted by molar-refractivity contribution is 5.94. The predicted molar refractivity (Wildman–Crippen MR) is 119 cm³/mol. The van der Waals surface area contributed by atoms with Gasteiger partial charge >= 0.3 is 0 Å². The fourth-order valence-corrected chi connectivity index (χ4v) is 3.35. The lowest BCUT2D eigenvalue weighted by atomic mass is 10.0. The van der Waals surface area contributed by atoms with Crippen LogP contribution in [-0.2, 0) is 6.42 Å². The highest BCUT2D eigenvalue weighted by atomic mass is 16.1. The van der Waals surface area contributed by atoms with E-state index in [1.165, 1.54) is 0 Å². The normalized spacial score (nSPS) is 10.2. The number of carbonyl (C=O) groups excluding carboxylic acids is 1. The van der Waals surface area contributed by atoms with Crippen LogP contribution in [0, 0.1) is 36.5 Å². The molecule has 0 fully saturated rings. The van der Waals surface area contributed by atoms with Crippen LogP contribution in [0.4, 0.5) is 0 Å². The summed E-state index contributed by atoms with van der Waals surface area (Å²) >= 11 is 0. The molecule has 0 saturated carbocycles. The number of benzene rings is 2. The number of hydrogen-bond acceptors (Lipinski definition) is 4. The monoisotopic (exact) mass is 409 g/mol. The molecule has 154 valence electrons. The van der Waals surface area contributed by atoms with E-state index in [0.717, 1.165) is 33.8 Å². The SMILES string of the molecule is C=C(C)CNC(=O)c1ccc(Cc2c(C)nn(-c3ccc(C#N)c(C#N)c3)c2C)cc1. The molecular weight excluding hydrogens is 386 g/mol. The molecule has 0 radical (unpaired) electrons. The molecule has 3 rings (SSSR count). The molecule has 2 aromatic carbocycles. The van der Waals surface area contributed by atoms with Crippen molar-refractivity contribution < 1.29 is 4.79 Å². The Kier molecular flexibility index (Phi) is 6.33. The number of carbonyl (C=O) groups is 1. The molecule has 0 unspecified atom stereocenters. The van der Waals surface area contributed by atoms with E-state index in [-0.39, 0.29) is 5.91 Å². The molecule has 0 aliphatic carbocycles. The molecule has 1 amide bonds. The molecule has 0 atom stereocenters. The van der Waals surface area contributed by atoms with E-state index in [1.807, 2.05) is 51.1 Å². The zero-order chi connectivity index (χ0) is 22.5. The first-order valence-corrected chi connectivity index (χ1v) is 9.85. The Morgan fingerprint density at radius 3 is 2.39 bits per heavy atom. The Balaban J connectivity index is 1.84. The van der Waals surface area contributed by atoms with Crippen LogP contribution >= 0.6 is 0 Å². The number of amides is 1. The number of nitriles is 2. The van der Waals surface area contributed by atoms with Crippen molar-refractivity contribution in [1.29, 1.82) is 10.5 Å². The Morgan fingerprint density at radius 1 is 1.10 bits per heavy atom. The first kappa shape index (κ1) is 21.5. The van der Waals surface area contributed by atoms with Crippen molar-refractivity contribution in [2.24, 2.45) is 0 Å². The molecule has 3 aromatic rings. The number of hydrogen-bond donors (Lipinski definition) is 1. The number of rotatable bonds is 6. The fourth-order valence-electron chi connectivity index (χ4n) is 3.35. The maximum absolute atomic E-state index is 12.2. The van der Waals surface area contributed by atoms with Gasteiger partial charge in [0.2, 0.25) is 0 Å². The zero-order valence-corrected chi connectivity index (χ0v) is 17.9. The fraction of sp³-hybridized carbons (Fsp3) is 0.200. The van der Waals surface area contributed by atoms with Crippen molar-refractivity contribution in [3.8, 4) is 17.8 Å². The van der Waals surface area contributed by atoms with Gasteiger partial charge in [0, 0.05) is 29.8 Å². The van der Waals surface area contributed by atoms with Gasteiger partial charge in [0.25, 0.3) is 5.91 Å². The molecule has 6 heteroatoms. The third-order valence-corrected chi connectivity index (χ3v) is 5.08. The summed E-state index contributed by atoms with van der Waals surface area (Å²) in [6, 6.07) is 16.7. The number of aryl methyl sites for hydroxylation is 1. The summed E-state index contributed by atoms with van der Waals surface area (Å²) in [5, 5.41) is 25.9. The summed E-state index contributed by atoms with van der Waals surface area (Å²) in [5.41, 5.74) is 6.94. The standard InChI is InChI=1S/C25H23N5O/c1-16(2)15-28-25(31)20-7-5-19(6-8-20)11-24-17(3)29-30(18(24)4)23-10-9-21(13-26)22(12-23)14-27/h5-10,12H,1,11,15H2,2-4H3,(H,28,31). The van der Waals surface area contributed by atoms with Crippen molar-refractivity contribution in [2.75, 3.05) is 6.54 Å². The average molecular weight is 409 g/mol. The number of nitrogens with one attached hydrogen (secondary N) is 1. The molecule has 0 saturated heterocycles. The van der Waals surface area contributed by atoms with Gasteiger partial charge in [-0.15, -0.1) is 0 Å². The first-order valence-electron chi connectivity index (χ1n) is 9.85. The van der Waals surface area contributed by atoms with Gasteiger partial charge in [-0.3, -0.25) is 4.79 Å². The molecule has 31 heavy (non-hydrogen) atoms. The van der Waals surface area contributed by atoms with E-state index < -0.39 is 0 Å². The Bertz CT molecular complexity index is 1240. The minimum Gasteiger partial charge on any atom is -0.348 e. The second-order valence-corrected chi connectivity index (χ2v) is 7.53. The maximum Gasteiger partial charge on any atom is 0.251 e. The van der Waals surface area contributed by atoms with Crippen molar-refractivity contribution in [3.63, 3.8) is 0 Å². The van der Waals surface area contributed by atoms with Crippen LogP contribution in [0.25, 0.3) is 5.69 Å². The Morgan fingerprint density at radius 2 is 1.77 bits per heavy atom. The quantitative estimate of drug-likeness (QED) is 0.619. The lowest BCUT2D eigenvalue weighted by molar-refractivity contribution is 0.0957. The minimum absolute atomic E-state index is 0.121. The summed E-state index contributed by atoms with van der Waals surface area (Å²) < 4.78 is 1.80. The van der Waals surface area contributed by atoms with Gasteiger partial charge < -0.3 is 5.32 Å². The first-order chi connectivity index (χ1) is 14.8. The molecule has 6 nitrogen and oxygen atoms in total. The largest absolute Gasteiger partial charge is 0.348 e. The van der Waals surface area contributed by atoms with E-state index in [9.17, 15) is 10.1 Å². The van der Waals surface area contributed by atoms with Gasteiger partial charge in [0.05, 0.1) is 22.5 Å². The van der Waals surface area contributed by atoms with Crippen molar-refractivity contribution in [2.45, 2.75) is 27.2 Å². The Labute approximate surface area is 182 Å². The van der Waals surface area contributed by atoms with E-state index in [4.69, 9.17) is 5.26 Å². The highest BCUT2D eigenvalue weighted by Gasteiger charge is 2.15. The summed E-state index contributed by atoms with van der Waals surface area (Å²) in [7, 11) is 0. The lowest BCUT2D eigenvalue weighted by Crippen LogP contribution is -2.24. The van der Waals surface area contributed by atoms with Crippen LogP contribution in [0.5, 0.6) is 0 Å². The highest BCUT2D eigenvalue weighted by Crippen LogP contribution is 2.23. The van der Waals surface area contributed by atoms with Crippen LogP contribution < -0.4 is 5.32 Å². The number of aromatic nitrogens is 2. The second kappa shape index (κ2) is 9.11. The summed E-state index contributed by atoms with van der Waals surface area (Å²) in [5.74, 6) is -0.121. The van der Waals surface area contributed by atoms with E-state index in [1.54, 1.807) is 22.9 Å². The van der Waals surface area contributed by atoms with Crippen LogP contribution in [0.3, 0.4) is 0 Å². The minimum atomic E-state index is -0.121. The van der Waals surface area contributed by atoms with Gasteiger partial charge in [0.15, 0.2) is 0 Å². The van der Waals surface area contributed by atoms with Crippen LogP contribution in [0.1, 0.15) is 50.9 Å². The molecular formula is C25H23N5O. The third-order valence-electron chi connectivity index (χ3n) is 5.08. The van der Waals surface area contributed by atoms with Gasteiger partial charge in [-0.2, -0.15) is 15.6 Å². The average Bonchev–Trinajstić information content (AvgIpc) is 3.05. The molecule has 0 bridgehead atoms. The summed E-state index contributed by atoms with van der Waals surface area (Å²) in [4.78, 5) is 12.2. The molecule has 0 spiro atoms. The predicted octanol–water partition coefficient (Wildman–Crippen LogP) is 4.13. The van der Waals surface area contributed by atoms with Crippen molar-refractivity contribution in [3.05, 3.63) is 93.8 Å². The van der Waals surface area contributed by atoms with Crippen molar-refractivity contribution in [1.82, 2.24) is 15.1 Å². The molecule has 0 aliphatic heterocycles. The zero-order valence-electron chi connectivity index (χ0n) is 17.9. The lowest BCUT2D eigenvalue weighted by Gasteiger charge is -2.08. The van der Waals surface area contributed by atoms with Gasteiger partial charge in [-0.05, 0) is 56.7 Å². The van der Waals surface area contributed by atoms with Crippen LogP contribution in [0.2, 0.25) is 0 Å². The van der Waals surface area contributed by atoms with Crippen molar-refractivity contribution >= 4 is 5.91 Å². The van der Waals surface area contributed by atoms with Crippen LogP contribution in [0.15, 0.2) is 54.6 Å². The summed E-state index contributed by atoms with van der Waals surface area (Å²) in [6.45, 7) is 10.1. The topological polar surface area (TPSA) is 94.5 Å². The smallest absolute Gasteiger partial charge is 0.251 e. The van der Waals surface area contributed by atoms with E-state index in [2.05, 4.69) is 23.1 Å². The third kappa shape index (κ3) is 4.71. The molecule has 0 aliphatic rings. The van der Waals surface area contributed by atoms with E-state index in [0.29, 0.717) is 29.7 Å². The van der Waals surface area contributed by atoms with Gasteiger partial charge in [0.1, 0.15) is 12.1 Å². The molecule has 1 aromatic heterocycles. The molecule has 1 N–H and O–H groups in total.